The first kappa shape index (κ1) is 99.6. The fourth-order valence-electron chi connectivity index (χ4n) is 15.6. The van der Waals surface area contributed by atoms with Crippen molar-refractivity contribution in [3.8, 4) is 0 Å². The van der Waals surface area contributed by atoms with Crippen molar-refractivity contribution < 1.29 is 62.0 Å². The molecule has 5 N–H and O–H groups in total. The van der Waals surface area contributed by atoms with E-state index in [2.05, 4.69) is 81.5 Å². The Morgan fingerprint density at radius 2 is 0.699 bits per heavy atom. The second kappa shape index (κ2) is 50.3. The van der Waals surface area contributed by atoms with Crippen molar-refractivity contribution in [3.05, 3.63) is 263 Å². The topological polar surface area (TPSA) is 254 Å². The fourth-order valence-corrected chi connectivity index (χ4v) is 15.6. The standard InChI is InChI=1S/C26H34N2O4.C21H26N2O2.C18H24N2O2.C18H28N2O2.C17H23NO3.ClH/c1-26(2,3)32-25(30)28-15-14-22(17-23(28)16-20-10-6-4-7-11-20)18-27-24(29)31-19-21-12-8-5-9-13-21;24-21(25-16-18-9-5-2-6-10-18)23-15-19-11-12-22-20(14-19)13-17-7-3-1-4-8-17;1-18(2,3)22-17(21)20-11-10-15(19-4)13-16(20)12-14-8-6-5-7-9-14;1-18(2,3)22-17(21)20-10-9-15(13-19)12-16(20)11-14-7-5-4-6-8-14;1-17(2,3)21-16(20)18-10-9-15(19)12-14(18)11-13-7-5-4-6-8-13;/h4-13,22-23H,14-19H2,1-3H3,(H,27,29);1-10,19-20,22H,11-16H2,(H,23,24);5-9,15-16H,10-13H2,1-3H3;4-8,15-16H,9-13,19H2,1-3H3;4-8,14H,9-12H2,1-3H3;1H. The Labute approximate surface area is 738 Å². The molecule has 5 aliphatic rings. The van der Waals surface area contributed by atoms with Gasteiger partial charge in [0, 0.05) is 95.2 Å². The van der Waals surface area contributed by atoms with Gasteiger partial charge in [-0.05, 0) is 224 Å². The van der Waals surface area contributed by atoms with E-state index in [4.69, 9.17) is 40.7 Å². The molecular weight excluding hydrogens is 1570 g/mol. The van der Waals surface area contributed by atoms with Crippen molar-refractivity contribution in [1.29, 1.82) is 0 Å². The number of piperidine rings is 5. The van der Waals surface area contributed by atoms with Crippen molar-refractivity contribution in [2.75, 3.05) is 52.4 Å². The van der Waals surface area contributed by atoms with Gasteiger partial charge in [0.15, 0.2) is 0 Å². The zero-order chi connectivity index (χ0) is 88.1. The van der Waals surface area contributed by atoms with Gasteiger partial charge in [-0.15, -0.1) is 12.4 Å². The van der Waals surface area contributed by atoms with Crippen molar-refractivity contribution >= 4 is 54.7 Å². The number of alkyl carbamates (subject to hydrolysis) is 2. The van der Waals surface area contributed by atoms with Crippen LogP contribution in [0.5, 0.6) is 0 Å². The molecule has 5 saturated heterocycles. The molecule has 123 heavy (non-hydrogen) atoms. The number of carbonyl (C=O) groups excluding carboxylic acids is 7. The third-order valence-corrected chi connectivity index (χ3v) is 21.6. The van der Waals surface area contributed by atoms with E-state index in [9.17, 15) is 33.6 Å². The van der Waals surface area contributed by atoms with Gasteiger partial charge in [0.25, 0.3) is 0 Å². The zero-order valence-electron chi connectivity index (χ0n) is 74.6. The Balaban J connectivity index is 0.000000213. The van der Waals surface area contributed by atoms with Gasteiger partial charge in [-0.25, -0.2) is 35.3 Å². The number of hydrogen-bond acceptors (Lipinski definition) is 15. The molecule has 666 valence electrons. The Kier molecular flexibility index (Phi) is 40.8. The quantitative estimate of drug-likeness (QED) is 0.0434. The predicted molar refractivity (Wildman–Crippen MR) is 487 cm³/mol. The van der Waals surface area contributed by atoms with E-state index in [0.717, 1.165) is 107 Å². The number of ether oxygens (including phenoxy) is 6. The summed E-state index contributed by atoms with van der Waals surface area (Å²) in [6, 6.07) is 71.0. The van der Waals surface area contributed by atoms with E-state index in [1.807, 2.05) is 245 Å². The lowest BCUT2D eigenvalue weighted by Gasteiger charge is -2.40. The molecule has 9 atom stereocenters. The lowest BCUT2D eigenvalue weighted by molar-refractivity contribution is -0.122. The number of hydrogen-bond donors (Lipinski definition) is 4. The van der Waals surface area contributed by atoms with Crippen LogP contribution in [-0.2, 0) is 78.5 Å². The SMILES string of the molecule is CC(C)(C)OC(=O)N1CCC(=O)CC1Cc1ccccc1.CC(C)(C)OC(=O)N1CCC(CN)CC1Cc1ccccc1.CC(C)(C)OC(=O)N1CCC(CNC(=O)OCc2ccccc2)CC1Cc1ccccc1.Cl.O=C(NCC1CCNC(Cc2ccccc2)C1)OCc1ccccc1.[C-]#[N+]C1CCN(C(=O)OC(C)(C)C)C(Cc2ccccc2)C1. The van der Waals surface area contributed by atoms with E-state index in [1.165, 1.54) is 22.3 Å². The predicted octanol–water partition coefficient (Wildman–Crippen LogP) is 19.4. The lowest BCUT2D eigenvalue weighted by Crippen LogP contribution is -2.50. The highest BCUT2D eigenvalue weighted by atomic mass is 35.5. The third kappa shape index (κ3) is 38.0. The molecule has 9 unspecified atom stereocenters. The second-order valence-corrected chi connectivity index (χ2v) is 36.5. The van der Waals surface area contributed by atoms with E-state index in [0.29, 0.717) is 83.0 Å². The number of rotatable bonds is 19. The van der Waals surface area contributed by atoms with Crippen molar-refractivity contribution in [1.82, 2.24) is 35.6 Å². The maximum atomic E-state index is 12.8. The van der Waals surface area contributed by atoms with E-state index < -0.39 is 28.5 Å². The molecule has 23 heteroatoms. The number of halogens is 1. The summed E-state index contributed by atoms with van der Waals surface area (Å²) < 4.78 is 32.8. The summed E-state index contributed by atoms with van der Waals surface area (Å²) in [5.41, 5.74) is 11.9. The van der Waals surface area contributed by atoms with Crippen LogP contribution in [0.15, 0.2) is 212 Å². The van der Waals surface area contributed by atoms with Crippen LogP contribution < -0.4 is 21.7 Å². The van der Waals surface area contributed by atoms with Crippen LogP contribution in [0.1, 0.15) is 186 Å². The van der Waals surface area contributed by atoms with Crippen LogP contribution in [0.3, 0.4) is 0 Å². The first-order valence-electron chi connectivity index (χ1n) is 43.6. The van der Waals surface area contributed by atoms with Gasteiger partial charge < -0.3 is 74.5 Å². The number of nitrogens with zero attached hydrogens (tertiary/aromatic N) is 5. The molecule has 7 aromatic carbocycles. The van der Waals surface area contributed by atoms with Gasteiger partial charge >= 0.3 is 36.6 Å². The summed E-state index contributed by atoms with van der Waals surface area (Å²) in [5, 5.41) is 9.40. The molecule has 0 saturated carbocycles. The minimum Gasteiger partial charge on any atom is -0.445 e. The molecule has 0 aromatic heterocycles. The monoisotopic (exact) mass is 1710 g/mol. The lowest BCUT2D eigenvalue weighted by atomic mass is 9.87. The number of nitrogens with two attached hydrogens (primary N) is 1. The molecule has 22 nitrogen and oxygen atoms in total. The average Bonchev–Trinajstić information content (AvgIpc) is 0.837. The molecule has 0 bridgehead atoms. The molecule has 5 heterocycles. The van der Waals surface area contributed by atoms with Gasteiger partial charge in [-0.1, -0.05) is 212 Å². The van der Waals surface area contributed by atoms with Crippen LogP contribution in [0.25, 0.3) is 4.85 Å². The van der Waals surface area contributed by atoms with Gasteiger partial charge in [-0.3, -0.25) is 4.79 Å². The number of Topliss-reactive ketones (excluding diaryl/α,β-unsaturated/α-hetero) is 1. The van der Waals surface area contributed by atoms with Crippen LogP contribution >= 0.6 is 12.4 Å². The second-order valence-electron chi connectivity index (χ2n) is 36.5. The van der Waals surface area contributed by atoms with Gasteiger partial charge in [0.1, 0.15) is 41.4 Å². The number of likely N-dealkylation sites (tertiary alicyclic amines) is 4. The molecule has 5 aliphatic heterocycles. The number of carbonyl (C=O) groups is 7. The van der Waals surface area contributed by atoms with Gasteiger partial charge in [0.05, 0.1) is 0 Å². The van der Waals surface area contributed by atoms with Crippen molar-refractivity contribution in [3.63, 3.8) is 0 Å². The summed E-state index contributed by atoms with van der Waals surface area (Å²) in [6.45, 7) is 35.7. The molecule has 12 rings (SSSR count). The minimum absolute atomic E-state index is 0. The van der Waals surface area contributed by atoms with Gasteiger partial charge in [-0.2, -0.15) is 0 Å². The average molecular weight is 1710 g/mol. The zero-order valence-corrected chi connectivity index (χ0v) is 75.4. The fraction of sp³-hybridized carbons (Fsp3) is 0.500. The van der Waals surface area contributed by atoms with E-state index in [-0.39, 0.29) is 91.4 Å². The first-order valence-corrected chi connectivity index (χ1v) is 43.6. The third-order valence-electron chi connectivity index (χ3n) is 21.6. The maximum absolute atomic E-state index is 12.8. The van der Waals surface area contributed by atoms with E-state index in [1.54, 1.807) is 9.80 Å². The molecule has 6 amide bonds. The summed E-state index contributed by atoms with van der Waals surface area (Å²) >= 11 is 0. The van der Waals surface area contributed by atoms with Crippen LogP contribution in [-0.4, -0.2) is 173 Å². The highest BCUT2D eigenvalue weighted by molar-refractivity contribution is 5.85. The van der Waals surface area contributed by atoms with Gasteiger partial charge in [0.2, 0.25) is 6.04 Å². The number of ketones is 1. The maximum Gasteiger partial charge on any atom is 0.410 e. The largest absolute Gasteiger partial charge is 0.445 e. The number of amides is 6. The summed E-state index contributed by atoms with van der Waals surface area (Å²) in [6.07, 6.45) is 10.3. The Bertz CT molecular complexity index is 4320. The van der Waals surface area contributed by atoms with Crippen LogP contribution in [0.4, 0.5) is 28.8 Å². The molecule has 0 spiro atoms. The summed E-state index contributed by atoms with van der Waals surface area (Å²) in [5.74, 6) is 1.48. The van der Waals surface area contributed by atoms with E-state index >= 15 is 0 Å². The molecule has 0 radical (unpaired) electrons. The normalized spacial score (nSPS) is 20.2. The molecular formula is C100H136ClN9O13. The molecule has 0 aliphatic carbocycles. The molecule has 7 aromatic rings. The Morgan fingerprint density at radius 3 is 1.05 bits per heavy atom. The van der Waals surface area contributed by atoms with Crippen molar-refractivity contribution in [2.24, 2.45) is 23.5 Å². The minimum atomic E-state index is -0.532. The number of benzene rings is 7. The van der Waals surface area contributed by atoms with Crippen LogP contribution in [0.2, 0.25) is 0 Å². The molecule has 5 fully saturated rings. The highest BCUT2D eigenvalue weighted by Gasteiger charge is 2.40. The van der Waals surface area contributed by atoms with Crippen LogP contribution in [0, 0.1) is 24.3 Å². The summed E-state index contributed by atoms with van der Waals surface area (Å²) in [4.78, 5) is 96.8. The summed E-state index contributed by atoms with van der Waals surface area (Å²) in [7, 11) is 0. The highest BCUT2D eigenvalue weighted by Crippen LogP contribution is 2.32. The Morgan fingerprint density at radius 1 is 0.398 bits per heavy atom. The smallest absolute Gasteiger partial charge is 0.410 e. The Hall–Kier alpha value is -10.5. The van der Waals surface area contributed by atoms with Crippen molar-refractivity contribution in [2.45, 2.75) is 251 Å². The number of nitrogens with one attached hydrogen (secondary N) is 3. The first-order chi connectivity index (χ1) is 58.2.